The number of hydrogen-bond donors (Lipinski definition) is 3. The molecule has 3 N–H and O–H groups in total. The molecule has 0 fully saturated rings. The number of carbonyl (C=O) groups excluding carboxylic acids is 3. The molecule has 3 amide bonds. The minimum atomic E-state index is -0.713. The van der Waals surface area contributed by atoms with Crippen molar-refractivity contribution >= 4 is 17.7 Å². The zero-order valence-electron chi connectivity index (χ0n) is 15.9. The van der Waals surface area contributed by atoms with Crippen molar-refractivity contribution in [1.82, 2.24) is 16.0 Å². The van der Waals surface area contributed by atoms with Crippen molar-refractivity contribution in [1.29, 1.82) is 0 Å². The number of aryl methyl sites for hydroxylation is 1. The molecule has 0 bridgehead atoms. The zero-order valence-corrected chi connectivity index (χ0v) is 15.9. The van der Waals surface area contributed by atoms with Crippen LogP contribution < -0.4 is 16.0 Å². The van der Waals surface area contributed by atoms with Crippen molar-refractivity contribution in [3.63, 3.8) is 0 Å². The summed E-state index contributed by atoms with van der Waals surface area (Å²) in [6, 6.07) is 6.45. The number of carbonyl (C=O) groups is 3. The normalized spacial score (nSPS) is 12.4. The second kappa shape index (κ2) is 8.65. The van der Waals surface area contributed by atoms with Crippen molar-refractivity contribution < 1.29 is 14.4 Å². The lowest BCUT2D eigenvalue weighted by molar-refractivity contribution is -0.128. The molecule has 1 unspecified atom stereocenters. The monoisotopic (exact) mass is 347 g/mol. The van der Waals surface area contributed by atoms with Gasteiger partial charge in [-0.1, -0.05) is 31.5 Å². The first-order valence-electron chi connectivity index (χ1n) is 8.46. The van der Waals surface area contributed by atoms with E-state index in [-0.39, 0.29) is 35.7 Å². The first-order valence-corrected chi connectivity index (χ1v) is 8.46. The lowest BCUT2D eigenvalue weighted by atomic mass is 10.0. The van der Waals surface area contributed by atoms with Gasteiger partial charge in [0.05, 0.1) is 6.54 Å². The first kappa shape index (κ1) is 20.7. The van der Waals surface area contributed by atoms with Crippen LogP contribution in [0.3, 0.4) is 0 Å². The van der Waals surface area contributed by atoms with E-state index < -0.39 is 6.04 Å². The summed E-state index contributed by atoms with van der Waals surface area (Å²) in [4.78, 5) is 36.6. The Kier molecular flexibility index (Phi) is 7.15. The van der Waals surface area contributed by atoms with Gasteiger partial charge in [0.25, 0.3) is 5.91 Å². The van der Waals surface area contributed by atoms with E-state index in [0.29, 0.717) is 5.56 Å². The minimum Gasteiger partial charge on any atom is -0.350 e. The van der Waals surface area contributed by atoms with Crippen LogP contribution in [-0.4, -0.2) is 35.8 Å². The standard InChI is InChI=1S/C19H29N3O3/c1-12(2)16(18(25)20-11-15(23)22-19(4,5)6)21-17(24)14-9-7-8-13(3)10-14/h7-10,12,16H,11H2,1-6H3,(H,20,25)(H,21,24)(H,22,23). The van der Waals surface area contributed by atoms with E-state index >= 15 is 0 Å². The van der Waals surface area contributed by atoms with Crippen LogP contribution in [0.2, 0.25) is 0 Å². The smallest absolute Gasteiger partial charge is 0.251 e. The third kappa shape index (κ3) is 7.37. The number of rotatable bonds is 6. The van der Waals surface area contributed by atoms with Gasteiger partial charge in [-0.05, 0) is 45.7 Å². The average Bonchev–Trinajstić information content (AvgIpc) is 2.48. The summed E-state index contributed by atoms with van der Waals surface area (Å²) in [6.07, 6.45) is 0. The van der Waals surface area contributed by atoms with Gasteiger partial charge in [0, 0.05) is 11.1 Å². The molecule has 0 aromatic heterocycles. The van der Waals surface area contributed by atoms with Crippen LogP contribution >= 0.6 is 0 Å². The molecule has 0 aliphatic carbocycles. The Morgan fingerprint density at radius 1 is 1.12 bits per heavy atom. The molecule has 25 heavy (non-hydrogen) atoms. The van der Waals surface area contributed by atoms with Gasteiger partial charge < -0.3 is 16.0 Å². The third-order valence-electron chi connectivity index (χ3n) is 3.45. The van der Waals surface area contributed by atoms with E-state index in [1.165, 1.54) is 0 Å². The highest BCUT2D eigenvalue weighted by Gasteiger charge is 2.25. The first-order chi connectivity index (χ1) is 11.5. The molecular formula is C19H29N3O3. The lowest BCUT2D eigenvalue weighted by Gasteiger charge is -2.23. The summed E-state index contributed by atoms with van der Waals surface area (Å²) < 4.78 is 0. The van der Waals surface area contributed by atoms with Crippen molar-refractivity contribution in [2.75, 3.05) is 6.54 Å². The van der Waals surface area contributed by atoms with Gasteiger partial charge in [-0.15, -0.1) is 0 Å². The number of benzene rings is 1. The topological polar surface area (TPSA) is 87.3 Å². The molecule has 0 aliphatic heterocycles. The van der Waals surface area contributed by atoms with E-state index in [0.717, 1.165) is 5.56 Å². The Morgan fingerprint density at radius 3 is 2.28 bits per heavy atom. The van der Waals surface area contributed by atoms with Gasteiger partial charge in [-0.3, -0.25) is 14.4 Å². The maximum absolute atomic E-state index is 12.4. The van der Waals surface area contributed by atoms with Crippen LogP contribution in [0.15, 0.2) is 24.3 Å². The molecule has 1 rings (SSSR count). The van der Waals surface area contributed by atoms with Crippen LogP contribution in [-0.2, 0) is 9.59 Å². The van der Waals surface area contributed by atoms with Crippen LogP contribution in [0, 0.1) is 12.8 Å². The molecule has 0 aliphatic rings. The molecule has 1 atom stereocenters. The molecule has 0 radical (unpaired) electrons. The summed E-state index contributed by atoms with van der Waals surface area (Å²) in [5.74, 6) is -1.07. The molecule has 0 heterocycles. The van der Waals surface area contributed by atoms with E-state index in [9.17, 15) is 14.4 Å². The maximum atomic E-state index is 12.4. The summed E-state index contributed by atoms with van der Waals surface area (Å²) in [6.45, 7) is 11.1. The Labute approximate surface area is 149 Å². The second-order valence-corrected chi connectivity index (χ2v) is 7.58. The van der Waals surface area contributed by atoms with Gasteiger partial charge in [-0.2, -0.15) is 0 Å². The Bertz CT molecular complexity index is 633. The Morgan fingerprint density at radius 2 is 1.76 bits per heavy atom. The van der Waals surface area contributed by atoms with Gasteiger partial charge in [0.15, 0.2) is 0 Å². The molecular weight excluding hydrogens is 318 g/mol. The van der Waals surface area contributed by atoms with Gasteiger partial charge in [-0.25, -0.2) is 0 Å². The molecule has 1 aromatic rings. The fourth-order valence-electron chi connectivity index (χ4n) is 2.29. The SMILES string of the molecule is Cc1cccc(C(=O)NC(C(=O)NCC(=O)NC(C)(C)C)C(C)C)c1. The van der Waals surface area contributed by atoms with Crippen molar-refractivity contribution in [2.24, 2.45) is 5.92 Å². The maximum Gasteiger partial charge on any atom is 0.251 e. The average molecular weight is 347 g/mol. The highest BCUT2D eigenvalue weighted by atomic mass is 16.2. The van der Waals surface area contributed by atoms with Crippen molar-refractivity contribution in [2.45, 2.75) is 53.1 Å². The summed E-state index contributed by atoms with van der Waals surface area (Å²) >= 11 is 0. The van der Waals surface area contributed by atoms with Crippen LogP contribution in [0.25, 0.3) is 0 Å². The minimum absolute atomic E-state index is 0.112. The lowest BCUT2D eigenvalue weighted by Crippen LogP contribution is -2.52. The van der Waals surface area contributed by atoms with Gasteiger partial charge in [0.2, 0.25) is 11.8 Å². The van der Waals surface area contributed by atoms with Crippen molar-refractivity contribution in [3.8, 4) is 0 Å². The predicted molar refractivity (Wildman–Crippen MR) is 98.2 cm³/mol. The highest BCUT2D eigenvalue weighted by molar-refractivity contribution is 5.98. The number of nitrogens with one attached hydrogen (secondary N) is 3. The zero-order chi connectivity index (χ0) is 19.2. The van der Waals surface area contributed by atoms with E-state index in [4.69, 9.17) is 0 Å². The van der Waals surface area contributed by atoms with E-state index in [2.05, 4.69) is 16.0 Å². The molecule has 0 saturated carbocycles. The Balaban J connectivity index is 2.68. The van der Waals surface area contributed by atoms with Crippen LogP contribution in [0.4, 0.5) is 0 Å². The summed E-state index contributed by atoms with van der Waals surface area (Å²) in [5, 5.41) is 8.11. The van der Waals surface area contributed by atoms with Gasteiger partial charge >= 0.3 is 0 Å². The highest BCUT2D eigenvalue weighted by Crippen LogP contribution is 2.07. The van der Waals surface area contributed by atoms with E-state index in [1.807, 2.05) is 47.6 Å². The summed E-state index contributed by atoms with van der Waals surface area (Å²) in [5.41, 5.74) is 1.11. The summed E-state index contributed by atoms with van der Waals surface area (Å²) in [7, 11) is 0. The van der Waals surface area contributed by atoms with Crippen LogP contribution in [0.5, 0.6) is 0 Å². The third-order valence-corrected chi connectivity index (χ3v) is 3.45. The van der Waals surface area contributed by atoms with E-state index in [1.54, 1.807) is 18.2 Å². The fourth-order valence-corrected chi connectivity index (χ4v) is 2.29. The molecule has 138 valence electrons. The molecule has 6 heteroatoms. The quantitative estimate of drug-likeness (QED) is 0.733. The number of amides is 3. The molecule has 6 nitrogen and oxygen atoms in total. The fraction of sp³-hybridized carbons (Fsp3) is 0.526. The van der Waals surface area contributed by atoms with Crippen molar-refractivity contribution in [3.05, 3.63) is 35.4 Å². The Hall–Kier alpha value is -2.37. The second-order valence-electron chi connectivity index (χ2n) is 7.58. The molecule has 0 spiro atoms. The molecule has 1 aromatic carbocycles. The van der Waals surface area contributed by atoms with Gasteiger partial charge in [0.1, 0.15) is 6.04 Å². The molecule has 0 saturated heterocycles. The number of hydrogen-bond acceptors (Lipinski definition) is 3. The largest absolute Gasteiger partial charge is 0.350 e. The van der Waals surface area contributed by atoms with Crippen LogP contribution in [0.1, 0.15) is 50.5 Å². The predicted octanol–water partition coefficient (Wildman–Crippen LogP) is 1.78.